The van der Waals surface area contributed by atoms with Gasteiger partial charge in [0.1, 0.15) is 0 Å². The maximum atomic E-state index is 14.6. The van der Waals surface area contributed by atoms with E-state index in [2.05, 4.69) is 4.13 Å². The summed E-state index contributed by atoms with van der Waals surface area (Å²) in [5, 5.41) is 0. The summed E-state index contributed by atoms with van der Waals surface area (Å²) in [6.07, 6.45) is -39.4. The molecule has 0 aliphatic carbocycles. The minimum atomic E-state index is -7.13. The zero-order valence-corrected chi connectivity index (χ0v) is 23.9. The first-order chi connectivity index (χ1) is 18.9. The van der Waals surface area contributed by atoms with Gasteiger partial charge < -0.3 is 4.13 Å². The van der Waals surface area contributed by atoms with Crippen molar-refractivity contribution in [2.45, 2.75) is 58.2 Å². The molecule has 0 fully saturated rings. The second kappa shape index (κ2) is 12.7. The van der Waals surface area contributed by atoms with Gasteiger partial charge in [-0.2, -0.15) is 79.0 Å². The van der Waals surface area contributed by atoms with Gasteiger partial charge in [-0.25, -0.2) is 32.7 Å². The van der Waals surface area contributed by atoms with Gasteiger partial charge in [-0.1, -0.05) is 0 Å². The Labute approximate surface area is 261 Å². The SMILES string of the molecule is FC(F)(F)c1cc(S[N-]Sc2cc(C(F)(C(F)(F)F)C(F)(F)F)cc(C(F)(C(F)(F)F)C(F)(F)F)c2)cc(C(F)(F)F)c1.[Na+]. The summed E-state index contributed by atoms with van der Waals surface area (Å²) in [5.74, 6) is 0. The molecule has 1 nitrogen and oxygen atoms in total. The van der Waals surface area contributed by atoms with Crippen LogP contribution >= 0.6 is 23.9 Å². The Bertz CT molecular complexity index is 1190. The fourth-order valence-corrected chi connectivity index (χ4v) is 4.67. The second-order valence-electron chi connectivity index (χ2n) is 8.05. The number of rotatable bonds is 6. The van der Waals surface area contributed by atoms with Crippen molar-refractivity contribution in [2.75, 3.05) is 0 Å². The number of alkyl halides is 20. The standard InChI is InChI=1S/C20H6F20NS2.Na/c21-13(17(29,30)31,18(32,33)34)7-1-8(14(22,19(35,36)37)20(38,39)40)4-11(3-7)42-41-43-12-5-9(15(23,24)25)2-10(6-12)16(26,27)28;/h1-6H;/q-1;+1. The van der Waals surface area contributed by atoms with Crippen LogP contribution < -0.4 is 29.6 Å². The summed E-state index contributed by atoms with van der Waals surface area (Å²) in [6.45, 7) is 0. The molecule has 0 spiro atoms. The molecule has 0 unspecified atom stereocenters. The Morgan fingerprint density at radius 1 is 0.364 bits per heavy atom. The summed E-state index contributed by atoms with van der Waals surface area (Å²) >= 11 is -1.20. The van der Waals surface area contributed by atoms with Crippen LogP contribution in [0.15, 0.2) is 46.2 Å². The Morgan fingerprint density at radius 3 is 0.818 bits per heavy atom. The summed E-state index contributed by atoms with van der Waals surface area (Å²) in [5.41, 5.74) is -23.4. The van der Waals surface area contributed by atoms with Crippen LogP contribution in [0.25, 0.3) is 4.13 Å². The van der Waals surface area contributed by atoms with Gasteiger partial charge in [0.15, 0.2) is 0 Å². The minimum Gasteiger partial charge on any atom is -0.542 e. The molecule has 0 aliphatic rings. The van der Waals surface area contributed by atoms with Crippen molar-refractivity contribution in [3.8, 4) is 0 Å². The molecule has 0 amide bonds. The van der Waals surface area contributed by atoms with Crippen molar-refractivity contribution >= 4 is 23.9 Å². The topological polar surface area (TPSA) is 14.1 Å². The normalized spacial score (nSPS) is 14.5. The molecule has 0 N–H and O–H groups in total. The molecule has 2 aromatic carbocycles. The third-order valence-corrected chi connectivity index (χ3v) is 6.60. The molecule has 0 saturated carbocycles. The van der Waals surface area contributed by atoms with E-state index in [9.17, 15) is 87.8 Å². The van der Waals surface area contributed by atoms with Gasteiger partial charge in [0.05, 0.1) is 11.1 Å². The van der Waals surface area contributed by atoms with Gasteiger partial charge in [0.2, 0.25) is 0 Å². The maximum absolute atomic E-state index is 14.6. The van der Waals surface area contributed by atoms with E-state index >= 15 is 0 Å². The van der Waals surface area contributed by atoms with Crippen LogP contribution in [0.1, 0.15) is 22.3 Å². The van der Waals surface area contributed by atoms with E-state index < -0.39 is 123 Å². The van der Waals surface area contributed by atoms with Crippen molar-refractivity contribution in [2.24, 2.45) is 0 Å². The van der Waals surface area contributed by atoms with Crippen molar-refractivity contribution in [1.29, 1.82) is 0 Å². The van der Waals surface area contributed by atoms with Gasteiger partial charge in [0.25, 0.3) is 0 Å². The van der Waals surface area contributed by atoms with Crippen LogP contribution in [0.2, 0.25) is 0 Å². The van der Waals surface area contributed by atoms with Crippen molar-refractivity contribution in [1.82, 2.24) is 0 Å². The molecule has 24 heteroatoms. The van der Waals surface area contributed by atoms with Gasteiger partial charge in [0, 0.05) is 11.1 Å². The summed E-state index contributed by atoms with van der Waals surface area (Å²) in [6, 6.07) is -3.00. The van der Waals surface area contributed by atoms with Gasteiger partial charge in [-0.05, 0) is 46.2 Å². The summed E-state index contributed by atoms with van der Waals surface area (Å²) in [4.78, 5) is -2.80. The Kier molecular flexibility index (Phi) is 11.8. The van der Waals surface area contributed by atoms with Gasteiger partial charge in [-0.15, -0.1) is 0 Å². The number of hydrogen-bond donors (Lipinski definition) is 0. The van der Waals surface area contributed by atoms with Crippen molar-refractivity contribution < 1.29 is 117 Å². The van der Waals surface area contributed by atoms with E-state index in [1.807, 2.05) is 0 Å². The van der Waals surface area contributed by atoms with Crippen molar-refractivity contribution in [3.63, 3.8) is 0 Å². The molecule has 244 valence electrons. The molecule has 0 heterocycles. The van der Waals surface area contributed by atoms with Crippen LogP contribution in [-0.2, 0) is 23.7 Å². The molecule has 0 atom stereocenters. The van der Waals surface area contributed by atoms with E-state index in [0.29, 0.717) is 0 Å². The zero-order chi connectivity index (χ0) is 33.8. The summed E-state index contributed by atoms with van der Waals surface area (Å²) in [7, 11) is 0. The van der Waals surface area contributed by atoms with Crippen LogP contribution in [-0.4, -0.2) is 24.7 Å². The average molecular weight is 727 g/mol. The molecule has 2 aromatic rings. The van der Waals surface area contributed by atoms with E-state index in [4.69, 9.17) is 0 Å². The monoisotopic (exact) mass is 727 g/mol. The fraction of sp³-hybridized carbons (Fsp3) is 0.400. The number of halogens is 20. The van der Waals surface area contributed by atoms with E-state index in [1.165, 1.54) is 0 Å². The second-order valence-corrected chi connectivity index (χ2v) is 9.96. The largest absolute Gasteiger partial charge is 1.00 e. The molecule has 0 saturated heterocycles. The van der Waals surface area contributed by atoms with E-state index in [1.54, 1.807) is 0 Å². The van der Waals surface area contributed by atoms with Crippen LogP contribution in [0, 0.1) is 0 Å². The van der Waals surface area contributed by atoms with Crippen LogP contribution in [0.3, 0.4) is 0 Å². The van der Waals surface area contributed by atoms with Crippen LogP contribution in [0.4, 0.5) is 87.8 Å². The number of nitrogens with zero attached hydrogens (tertiary/aromatic N) is 1. The van der Waals surface area contributed by atoms with Gasteiger partial charge in [-0.3, -0.25) is 0 Å². The quantitative estimate of drug-likeness (QED) is 0.169. The third kappa shape index (κ3) is 8.15. The predicted octanol–water partition coefficient (Wildman–Crippen LogP) is 8.40. The molecule has 44 heavy (non-hydrogen) atoms. The third-order valence-electron chi connectivity index (χ3n) is 5.11. The molecular weight excluding hydrogens is 721 g/mol. The van der Waals surface area contributed by atoms with E-state index in [0.717, 1.165) is 0 Å². The Balaban J connectivity index is 0.00000968. The fourth-order valence-electron chi connectivity index (χ4n) is 3.11. The molecule has 0 bridgehead atoms. The number of benzene rings is 2. The van der Waals surface area contributed by atoms with Crippen molar-refractivity contribution in [3.05, 3.63) is 62.8 Å². The molecule has 0 radical (unpaired) electrons. The Hall–Kier alpha value is -1.30. The zero-order valence-electron chi connectivity index (χ0n) is 20.3. The maximum Gasteiger partial charge on any atom is 1.00 e. The molecular formula is C20H6F20NNaS2. The first-order valence-electron chi connectivity index (χ1n) is 10.0. The minimum absolute atomic E-state index is 0. The smallest absolute Gasteiger partial charge is 0.542 e. The predicted molar refractivity (Wildman–Crippen MR) is 108 cm³/mol. The van der Waals surface area contributed by atoms with Gasteiger partial charge >= 0.3 is 78.0 Å². The van der Waals surface area contributed by atoms with E-state index in [-0.39, 0.29) is 47.8 Å². The number of hydrogen-bond acceptors (Lipinski definition) is 2. The molecule has 0 aromatic heterocycles. The van der Waals surface area contributed by atoms with Crippen LogP contribution in [0.5, 0.6) is 0 Å². The Morgan fingerprint density at radius 2 is 0.591 bits per heavy atom. The average Bonchev–Trinajstić information content (AvgIpc) is 2.78. The first kappa shape index (κ1) is 40.7. The molecule has 2 rings (SSSR count). The molecule has 0 aliphatic heterocycles. The first-order valence-corrected chi connectivity index (χ1v) is 11.6. The summed E-state index contributed by atoms with van der Waals surface area (Å²) < 4.78 is 268.